The summed E-state index contributed by atoms with van der Waals surface area (Å²) in [5.41, 5.74) is 5.61. The number of amidine groups is 1. The van der Waals surface area contributed by atoms with E-state index in [9.17, 15) is 0 Å². The van der Waals surface area contributed by atoms with Crippen LogP contribution in [0.15, 0.2) is 41.8 Å². The number of aromatic nitrogens is 2. The van der Waals surface area contributed by atoms with Crippen LogP contribution in [0.4, 0.5) is 0 Å². The van der Waals surface area contributed by atoms with Crippen LogP contribution in [0.5, 0.6) is 11.6 Å². The van der Waals surface area contributed by atoms with Crippen molar-refractivity contribution in [1.29, 1.82) is 0 Å². The molecule has 0 aliphatic heterocycles. The van der Waals surface area contributed by atoms with E-state index in [-0.39, 0.29) is 17.4 Å². The molecule has 7 heteroatoms. The van der Waals surface area contributed by atoms with E-state index in [1.807, 2.05) is 0 Å². The lowest BCUT2D eigenvalue weighted by atomic mass is 10.3. The molecule has 0 fully saturated rings. The van der Waals surface area contributed by atoms with Crippen LogP contribution >= 0.6 is 11.6 Å². The van der Waals surface area contributed by atoms with Crippen LogP contribution in [-0.4, -0.2) is 21.0 Å². The third kappa shape index (κ3) is 2.49. The number of hydrogen-bond donors (Lipinski definition) is 2. The van der Waals surface area contributed by atoms with Crippen LogP contribution in [0.2, 0.25) is 5.02 Å². The first-order valence-corrected chi connectivity index (χ1v) is 5.31. The molecule has 0 amide bonds. The lowest BCUT2D eigenvalue weighted by molar-refractivity contribution is 0.318. The number of hydrogen-bond acceptors (Lipinski definition) is 5. The summed E-state index contributed by atoms with van der Waals surface area (Å²) >= 11 is 5.96. The standard InChI is InChI=1S/C11H9ClN4O2/c12-7-3-1-2-4-8(7)18-11-9(10(13)16-17)14-5-6-15-11/h1-6,17H,(H2,13,16). The molecule has 0 saturated heterocycles. The second-order valence-corrected chi connectivity index (χ2v) is 3.64. The Labute approximate surface area is 108 Å². The molecular weight excluding hydrogens is 256 g/mol. The number of nitrogens with zero attached hydrogens (tertiary/aromatic N) is 3. The number of nitrogens with two attached hydrogens (primary N) is 1. The van der Waals surface area contributed by atoms with Gasteiger partial charge in [0.05, 0.1) is 5.02 Å². The minimum absolute atomic E-state index is 0.112. The van der Waals surface area contributed by atoms with E-state index < -0.39 is 0 Å². The van der Waals surface area contributed by atoms with Gasteiger partial charge in [0, 0.05) is 12.4 Å². The van der Waals surface area contributed by atoms with E-state index in [2.05, 4.69) is 15.1 Å². The smallest absolute Gasteiger partial charge is 0.249 e. The fraction of sp³-hybridized carbons (Fsp3) is 0. The maximum absolute atomic E-state index is 8.65. The number of rotatable bonds is 3. The van der Waals surface area contributed by atoms with E-state index in [1.165, 1.54) is 12.4 Å². The Morgan fingerprint density at radius 3 is 2.72 bits per heavy atom. The van der Waals surface area contributed by atoms with Gasteiger partial charge < -0.3 is 15.7 Å². The van der Waals surface area contributed by atoms with Crippen LogP contribution in [-0.2, 0) is 0 Å². The van der Waals surface area contributed by atoms with E-state index in [0.717, 1.165) is 0 Å². The Kier molecular flexibility index (Phi) is 3.59. The van der Waals surface area contributed by atoms with E-state index in [4.69, 9.17) is 27.3 Å². The number of benzene rings is 1. The van der Waals surface area contributed by atoms with Gasteiger partial charge in [0.15, 0.2) is 11.5 Å². The lowest BCUT2D eigenvalue weighted by Crippen LogP contribution is -2.16. The predicted molar refractivity (Wildman–Crippen MR) is 66.1 cm³/mol. The molecule has 0 spiro atoms. The maximum atomic E-state index is 8.65. The highest BCUT2D eigenvalue weighted by Crippen LogP contribution is 2.28. The lowest BCUT2D eigenvalue weighted by Gasteiger charge is -2.08. The molecule has 0 aliphatic rings. The molecule has 0 aliphatic carbocycles. The average Bonchev–Trinajstić information content (AvgIpc) is 2.41. The Balaban J connectivity index is 2.38. The van der Waals surface area contributed by atoms with Crippen LogP contribution < -0.4 is 10.5 Å². The summed E-state index contributed by atoms with van der Waals surface area (Å²) in [5, 5.41) is 11.9. The third-order valence-electron chi connectivity index (χ3n) is 2.06. The molecule has 0 unspecified atom stereocenters. The van der Waals surface area contributed by atoms with Gasteiger partial charge in [-0.25, -0.2) is 9.97 Å². The minimum atomic E-state index is -0.190. The molecule has 2 rings (SSSR count). The van der Waals surface area contributed by atoms with Crippen molar-refractivity contribution in [3.63, 3.8) is 0 Å². The van der Waals surface area contributed by atoms with Gasteiger partial charge in [-0.3, -0.25) is 0 Å². The maximum Gasteiger partial charge on any atom is 0.249 e. The monoisotopic (exact) mass is 264 g/mol. The Morgan fingerprint density at radius 2 is 2.00 bits per heavy atom. The zero-order valence-electron chi connectivity index (χ0n) is 9.12. The van der Waals surface area contributed by atoms with Gasteiger partial charge in [-0.2, -0.15) is 0 Å². The first-order chi connectivity index (χ1) is 8.72. The summed E-state index contributed by atoms with van der Waals surface area (Å²) < 4.78 is 5.49. The third-order valence-corrected chi connectivity index (χ3v) is 2.37. The van der Waals surface area contributed by atoms with E-state index in [0.29, 0.717) is 10.8 Å². The van der Waals surface area contributed by atoms with Crippen molar-refractivity contribution in [2.24, 2.45) is 10.9 Å². The zero-order valence-corrected chi connectivity index (χ0v) is 9.87. The zero-order chi connectivity index (χ0) is 13.0. The predicted octanol–water partition coefficient (Wildman–Crippen LogP) is 2.02. The number of para-hydroxylation sites is 1. The van der Waals surface area contributed by atoms with Crippen LogP contribution in [0, 0.1) is 0 Å². The fourth-order valence-corrected chi connectivity index (χ4v) is 1.43. The summed E-state index contributed by atoms with van der Waals surface area (Å²) in [5.74, 6) is 0.331. The highest BCUT2D eigenvalue weighted by atomic mass is 35.5. The molecule has 2 aromatic rings. The van der Waals surface area contributed by atoms with E-state index in [1.54, 1.807) is 24.3 Å². The van der Waals surface area contributed by atoms with E-state index >= 15 is 0 Å². The summed E-state index contributed by atoms with van der Waals surface area (Å²) in [7, 11) is 0. The van der Waals surface area contributed by atoms with Crippen molar-refractivity contribution in [2.45, 2.75) is 0 Å². The summed E-state index contributed by atoms with van der Waals surface area (Å²) in [4.78, 5) is 7.90. The van der Waals surface area contributed by atoms with Crippen LogP contribution in [0.1, 0.15) is 5.69 Å². The average molecular weight is 265 g/mol. The van der Waals surface area contributed by atoms with Crippen LogP contribution in [0.3, 0.4) is 0 Å². The molecule has 0 saturated carbocycles. The minimum Gasteiger partial charge on any atom is -0.435 e. The summed E-state index contributed by atoms with van der Waals surface area (Å²) in [6, 6.07) is 6.89. The first-order valence-electron chi connectivity index (χ1n) is 4.93. The largest absolute Gasteiger partial charge is 0.435 e. The van der Waals surface area contributed by atoms with Gasteiger partial charge in [-0.1, -0.05) is 28.9 Å². The van der Waals surface area contributed by atoms with Gasteiger partial charge in [0.25, 0.3) is 0 Å². The molecule has 18 heavy (non-hydrogen) atoms. The normalized spacial score (nSPS) is 11.3. The van der Waals surface area contributed by atoms with Gasteiger partial charge in [-0.15, -0.1) is 0 Å². The molecule has 6 nitrogen and oxygen atoms in total. The Bertz CT molecular complexity index is 589. The number of halogens is 1. The van der Waals surface area contributed by atoms with Crippen molar-refractivity contribution in [2.75, 3.05) is 0 Å². The quantitative estimate of drug-likeness (QED) is 0.383. The van der Waals surface area contributed by atoms with Crippen molar-refractivity contribution < 1.29 is 9.94 Å². The first kappa shape index (κ1) is 12.1. The highest BCUT2D eigenvalue weighted by molar-refractivity contribution is 6.32. The molecule has 0 atom stereocenters. The molecule has 1 aromatic carbocycles. The Morgan fingerprint density at radius 1 is 1.28 bits per heavy atom. The van der Waals surface area contributed by atoms with Crippen molar-refractivity contribution in [1.82, 2.24) is 9.97 Å². The molecule has 1 aromatic heterocycles. The highest BCUT2D eigenvalue weighted by Gasteiger charge is 2.13. The van der Waals surface area contributed by atoms with Crippen molar-refractivity contribution in [3.05, 3.63) is 47.4 Å². The number of ether oxygens (including phenoxy) is 1. The molecular formula is C11H9ClN4O2. The van der Waals surface area contributed by atoms with Crippen molar-refractivity contribution in [3.8, 4) is 11.6 Å². The molecule has 1 heterocycles. The second-order valence-electron chi connectivity index (χ2n) is 3.23. The second kappa shape index (κ2) is 5.33. The fourth-order valence-electron chi connectivity index (χ4n) is 1.25. The van der Waals surface area contributed by atoms with Crippen molar-refractivity contribution >= 4 is 17.4 Å². The van der Waals surface area contributed by atoms with Crippen LogP contribution in [0.25, 0.3) is 0 Å². The summed E-state index contributed by atoms with van der Waals surface area (Å²) in [6.45, 7) is 0. The molecule has 0 bridgehead atoms. The van der Waals surface area contributed by atoms with Gasteiger partial charge >= 0.3 is 0 Å². The molecule has 3 N–H and O–H groups in total. The molecule has 0 radical (unpaired) electrons. The van der Waals surface area contributed by atoms with Gasteiger partial charge in [0.1, 0.15) is 5.75 Å². The topological polar surface area (TPSA) is 93.6 Å². The SMILES string of the molecule is N/C(=N\O)c1nccnc1Oc1ccccc1Cl. The number of oxime groups is 1. The Hall–Kier alpha value is -2.34. The summed E-state index contributed by atoms with van der Waals surface area (Å²) in [6.07, 6.45) is 2.84. The van der Waals surface area contributed by atoms with Gasteiger partial charge in [-0.05, 0) is 12.1 Å². The molecule has 92 valence electrons. The van der Waals surface area contributed by atoms with Gasteiger partial charge in [0.2, 0.25) is 5.88 Å².